The van der Waals surface area contributed by atoms with Crippen molar-refractivity contribution in [1.82, 2.24) is 5.32 Å². The molecule has 16 heavy (non-hydrogen) atoms. The van der Waals surface area contributed by atoms with Gasteiger partial charge in [-0.1, -0.05) is 32.6 Å². The van der Waals surface area contributed by atoms with Gasteiger partial charge in [-0.15, -0.1) is 0 Å². The molecule has 3 aliphatic carbocycles. The molecule has 0 bridgehead atoms. The van der Waals surface area contributed by atoms with E-state index < -0.39 is 0 Å². The molecule has 3 rings (SSSR count). The van der Waals surface area contributed by atoms with Crippen LogP contribution in [0.15, 0.2) is 0 Å². The first-order valence-corrected chi connectivity index (χ1v) is 6.96. The summed E-state index contributed by atoms with van der Waals surface area (Å²) in [5.41, 5.74) is 0.534. The van der Waals surface area contributed by atoms with Crippen molar-refractivity contribution < 1.29 is 4.79 Å². The molecule has 1 unspecified atom stereocenters. The van der Waals surface area contributed by atoms with Gasteiger partial charge in [-0.25, -0.2) is 0 Å². The predicted octanol–water partition coefficient (Wildman–Crippen LogP) is 3.02. The molecule has 0 aromatic heterocycles. The highest BCUT2D eigenvalue weighted by molar-refractivity contribution is 5.83. The zero-order valence-corrected chi connectivity index (χ0v) is 10.3. The first-order chi connectivity index (χ1) is 7.65. The lowest BCUT2D eigenvalue weighted by Crippen LogP contribution is -2.40. The SMILES string of the molecule is CC1(C(=O)NC2CC23CC3)CCCCCC1. The van der Waals surface area contributed by atoms with Crippen LogP contribution in [-0.2, 0) is 4.79 Å². The van der Waals surface area contributed by atoms with Gasteiger partial charge in [0.25, 0.3) is 0 Å². The second kappa shape index (κ2) is 3.48. The third-order valence-corrected chi connectivity index (χ3v) is 5.14. The number of hydrogen-bond donors (Lipinski definition) is 1. The molecule has 3 aliphatic rings. The van der Waals surface area contributed by atoms with Crippen LogP contribution in [0.4, 0.5) is 0 Å². The van der Waals surface area contributed by atoms with Crippen LogP contribution in [0.3, 0.4) is 0 Å². The van der Waals surface area contributed by atoms with Gasteiger partial charge in [-0.2, -0.15) is 0 Å². The number of amides is 1. The van der Waals surface area contributed by atoms with E-state index in [1.165, 1.54) is 44.9 Å². The number of hydrogen-bond acceptors (Lipinski definition) is 1. The fourth-order valence-corrected chi connectivity index (χ4v) is 3.33. The molecule has 1 spiro atoms. The topological polar surface area (TPSA) is 29.1 Å². The molecule has 3 fully saturated rings. The van der Waals surface area contributed by atoms with Gasteiger partial charge < -0.3 is 5.32 Å². The van der Waals surface area contributed by atoms with Gasteiger partial charge >= 0.3 is 0 Å². The van der Waals surface area contributed by atoms with Crippen molar-refractivity contribution >= 4 is 5.91 Å². The van der Waals surface area contributed by atoms with Crippen LogP contribution in [0.5, 0.6) is 0 Å². The van der Waals surface area contributed by atoms with E-state index in [0.717, 1.165) is 12.8 Å². The smallest absolute Gasteiger partial charge is 0.226 e. The lowest BCUT2D eigenvalue weighted by molar-refractivity contribution is -0.131. The second-order valence-electron chi connectivity index (χ2n) is 6.57. The summed E-state index contributed by atoms with van der Waals surface area (Å²) < 4.78 is 0. The highest BCUT2D eigenvalue weighted by Crippen LogP contribution is 2.66. The van der Waals surface area contributed by atoms with E-state index in [0.29, 0.717) is 17.4 Å². The molecule has 90 valence electrons. The van der Waals surface area contributed by atoms with Gasteiger partial charge in [-0.05, 0) is 37.5 Å². The van der Waals surface area contributed by atoms with Crippen molar-refractivity contribution in [3.63, 3.8) is 0 Å². The van der Waals surface area contributed by atoms with Crippen molar-refractivity contribution in [2.45, 2.75) is 70.8 Å². The van der Waals surface area contributed by atoms with Gasteiger partial charge in [0.05, 0.1) is 0 Å². The quantitative estimate of drug-likeness (QED) is 0.713. The van der Waals surface area contributed by atoms with Gasteiger partial charge in [-0.3, -0.25) is 4.79 Å². The molecule has 2 heteroatoms. The Kier molecular flexibility index (Phi) is 2.31. The van der Waals surface area contributed by atoms with E-state index >= 15 is 0 Å². The van der Waals surface area contributed by atoms with Crippen molar-refractivity contribution in [1.29, 1.82) is 0 Å². The molecule has 1 atom stereocenters. The fraction of sp³-hybridized carbons (Fsp3) is 0.929. The van der Waals surface area contributed by atoms with Gasteiger partial charge in [0, 0.05) is 11.5 Å². The molecule has 0 saturated heterocycles. The number of carbonyl (C=O) groups excluding carboxylic acids is 1. The van der Waals surface area contributed by atoms with Gasteiger partial charge in [0.15, 0.2) is 0 Å². The highest BCUT2D eigenvalue weighted by Gasteiger charge is 2.63. The van der Waals surface area contributed by atoms with Crippen molar-refractivity contribution in [3.05, 3.63) is 0 Å². The summed E-state index contributed by atoms with van der Waals surface area (Å²) in [7, 11) is 0. The van der Waals surface area contributed by atoms with Crippen LogP contribution >= 0.6 is 0 Å². The monoisotopic (exact) mass is 221 g/mol. The van der Waals surface area contributed by atoms with Crippen molar-refractivity contribution in [2.24, 2.45) is 10.8 Å². The molecule has 1 amide bonds. The van der Waals surface area contributed by atoms with E-state index in [1.807, 2.05) is 0 Å². The van der Waals surface area contributed by atoms with Crippen LogP contribution in [0.1, 0.15) is 64.7 Å². The third kappa shape index (κ3) is 1.76. The fourth-order valence-electron chi connectivity index (χ4n) is 3.33. The van der Waals surface area contributed by atoms with Gasteiger partial charge in [0.1, 0.15) is 0 Å². The lowest BCUT2D eigenvalue weighted by atomic mass is 9.81. The second-order valence-corrected chi connectivity index (χ2v) is 6.57. The molecule has 3 saturated carbocycles. The molecular formula is C14H23NO. The summed E-state index contributed by atoms with van der Waals surface area (Å²) in [6, 6.07) is 0.542. The Bertz CT molecular complexity index is 298. The molecule has 2 nitrogen and oxygen atoms in total. The Labute approximate surface area is 98.2 Å². The summed E-state index contributed by atoms with van der Waals surface area (Å²) in [5.74, 6) is 0.350. The van der Waals surface area contributed by atoms with E-state index in [1.54, 1.807) is 0 Å². The molecule has 0 radical (unpaired) electrons. The maximum absolute atomic E-state index is 12.3. The normalized spacial score (nSPS) is 34.2. The summed E-state index contributed by atoms with van der Waals surface area (Å²) in [4.78, 5) is 12.3. The molecular weight excluding hydrogens is 198 g/mol. The predicted molar refractivity (Wildman–Crippen MR) is 64.0 cm³/mol. The summed E-state index contributed by atoms with van der Waals surface area (Å²) in [6.07, 6.45) is 11.3. The van der Waals surface area contributed by atoms with Crippen LogP contribution < -0.4 is 5.32 Å². The van der Waals surface area contributed by atoms with Crippen molar-refractivity contribution in [3.8, 4) is 0 Å². The summed E-state index contributed by atoms with van der Waals surface area (Å²) in [5, 5.41) is 3.31. The van der Waals surface area contributed by atoms with Gasteiger partial charge in [0.2, 0.25) is 5.91 Å². The minimum absolute atomic E-state index is 0.0603. The summed E-state index contributed by atoms with van der Waals surface area (Å²) in [6.45, 7) is 2.18. The number of carbonyl (C=O) groups is 1. The Morgan fingerprint density at radius 1 is 1.06 bits per heavy atom. The number of nitrogens with one attached hydrogen (secondary N) is 1. The zero-order valence-electron chi connectivity index (χ0n) is 10.3. The van der Waals surface area contributed by atoms with Crippen LogP contribution in [0.25, 0.3) is 0 Å². The lowest BCUT2D eigenvalue weighted by Gasteiger charge is -2.26. The van der Waals surface area contributed by atoms with Crippen LogP contribution in [0.2, 0.25) is 0 Å². The van der Waals surface area contributed by atoms with Crippen molar-refractivity contribution in [2.75, 3.05) is 0 Å². The average molecular weight is 221 g/mol. The largest absolute Gasteiger partial charge is 0.352 e. The van der Waals surface area contributed by atoms with E-state index in [4.69, 9.17) is 0 Å². The first-order valence-electron chi connectivity index (χ1n) is 6.96. The Morgan fingerprint density at radius 2 is 1.69 bits per heavy atom. The molecule has 0 heterocycles. The Hall–Kier alpha value is -0.530. The third-order valence-electron chi connectivity index (χ3n) is 5.14. The zero-order chi connectivity index (χ0) is 11.2. The molecule has 0 aliphatic heterocycles. The Balaban J connectivity index is 1.59. The minimum Gasteiger partial charge on any atom is -0.352 e. The minimum atomic E-state index is -0.0603. The van der Waals surface area contributed by atoms with Crippen LogP contribution in [0, 0.1) is 10.8 Å². The molecule has 1 N–H and O–H groups in total. The molecule has 0 aromatic carbocycles. The summed E-state index contributed by atoms with van der Waals surface area (Å²) >= 11 is 0. The standard InChI is InChI=1S/C14H23NO/c1-13(6-4-2-3-5-7-13)12(16)15-11-10-14(11)8-9-14/h11H,2-10H2,1H3,(H,15,16). The van der Waals surface area contributed by atoms with E-state index in [9.17, 15) is 4.79 Å². The first kappa shape index (κ1) is 10.6. The maximum atomic E-state index is 12.3. The maximum Gasteiger partial charge on any atom is 0.226 e. The number of rotatable bonds is 2. The van der Waals surface area contributed by atoms with E-state index in [-0.39, 0.29) is 5.41 Å². The van der Waals surface area contributed by atoms with E-state index in [2.05, 4.69) is 12.2 Å². The average Bonchev–Trinajstić information content (AvgIpc) is 3.12. The molecule has 0 aromatic rings. The Morgan fingerprint density at radius 3 is 2.19 bits per heavy atom. The van der Waals surface area contributed by atoms with Crippen LogP contribution in [-0.4, -0.2) is 11.9 Å². The highest BCUT2D eigenvalue weighted by atomic mass is 16.2.